The summed E-state index contributed by atoms with van der Waals surface area (Å²) in [5.74, 6) is -0.238. The minimum atomic E-state index is -0.238. The number of hydrogen-bond donors (Lipinski definition) is 1. The van der Waals surface area contributed by atoms with Crippen LogP contribution < -0.4 is 5.32 Å². The van der Waals surface area contributed by atoms with Crippen LogP contribution in [0.4, 0.5) is 5.13 Å². The third kappa shape index (κ3) is 2.96. The van der Waals surface area contributed by atoms with Gasteiger partial charge in [-0.1, -0.05) is 53.1 Å². The molecule has 0 radical (unpaired) electrons. The van der Waals surface area contributed by atoms with Gasteiger partial charge in [-0.25, -0.2) is 0 Å². The molecule has 0 unspecified atom stereocenters. The number of rotatable bonds is 4. The first-order valence-electron chi connectivity index (χ1n) is 6.29. The van der Waals surface area contributed by atoms with E-state index in [1.807, 2.05) is 37.3 Å². The van der Waals surface area contributed by atoms with E-state index >= 15 is 0 Å². The standard InChI is InChI=1S/C13H11N5OS2/c1-2-9-10(21-18-15-9)11(19)14-13-17-16-12(20-13)8-6-4-3-5-7-8/h3-7H,2H2,1H3,(H,14,17,19). The van der Waals surface area contributed by atoms with Crippen LogP contribution >= 0.6 is 22.9 Å². The van der Waals surface area contributed by atoms with E-state index in [0.29, 0.717) is 22.1 Å². The fraction of sp³-hybridized carbons (Fsp3) is 0.154. The van der Waals surface area contributed by atoms with Gasteiger partial charge in [0.15, 0.2) is 0 Å². The summed E-state index contributed by atoms with van der Waals surface area (Å²) in [5, 5.41) is 16.0. The zero-order valence-electron chi connectivity index (χ0n) is 11.1. The summed E-state index contributed by atoms with van der Waals surface area (Å²) in [7, 11) is 0. The van der Waals surface area contributed by atoms with E-state index in [2.05, 4.69) is 25.1 Å². The minimum Gasteiger partial charge on any atom is -0.296 e. The van der Waals surface area contributed by atoms with Gasteiger partial charge in [0.25, 0.3) is 5.91 Å². The molecule has 0 spiro atoms. The Morgan fingerprint density at radius 2 is 2.00 bits per heavy atom. The number of anilines is 1. The van der Waals surface area contributed by atoms with E-state index in [4.69, 9.17) is 0 Å². The smallest absolute Gasteiger partial charge is 0.271 e. The molecule has 1 N–H and O–H groups in total. The number of aryl methyl sites for hydroxylation is 1. The Kier molecular flexibility index (Phi) is 3.98. The van der Waals surface area contributed by atoms with Crippen LogP contribution in [-0.2, 0) is 6.42 Å². The summed E-state index contributed by atoms with van der Waals surface area (Å²) in [6.07, 6.45) is 0.671. The predicted octanol–water partition coefficient (Wildman–Crippen LogP) is 2.87. The lowest BCUT2D eigenvalue weighted by atomic mass is 10.2. The van der Waals surface area contributed by atoms with Crippen LogP contribution in [0.3, 0.4) is 0 Å². The molecule has 2 aromatic heterocycles. The number of carbonyl (C=O) groups excluding carboxylic acids is 1. The molecular formula is C13H11N5OS2. The Bertz CT molecular complexity index is 753. The normalized spacial score (nSPS) is 10.5. The Morgan fingerprint density at radius 1 is 1.19 bits per heavy atom. The van der Waals surface area contributed by atoms with Crippen LogP contribution in [0.15, 0.2) is 30.3 Å². The quantitative estimate of drug-likeness (QED) is 0.800. The van der Waals surface area contributed by atoms with E-state index in [0.717, 1.165) is 22.1 Å². The SMILES string of the molecule is CCc1nnsc1C(=O)Nc1nnc(-c2ccccc2)s1. The molecule has 0 aliphatic carbocycles. The monoisotopic (exact) mass is 317 g/mol. The van der Waals surface area contributed by atoms with E-state index in [-0.39, 0.29) is 5.91 Å². The maximum Gasteiger partial charge on any atom is 0.271 e. The molecule has 0 saturated heterocycles. The lowest BCUT2D eigenvalue weighted by Gasteiger charge is -1.98. The zero-order valence-corrected chi connectivity index (χ0v) is 12.7. The van der Waals surface area contributed by atoms with Gasteiger partial charge in [0.2, 0.25) is 5.13 Å². The van der Waals surface area contributed by atoms with Gasteiger partial charge in [0.05, 0.1) is 5.69 Å². The molecule has 8 heteroatoms. The first-order chi connectivity index (χ1) is 10.3. The van der Waals surface area contributed by atoms with Gasteiger partial charge in [-0.3, -0.25) is 10.1 Å². The second-order valence-corrected chi connectivity index (χ2v) is 5.87. The second kappa shape index (κ2) is 6.06. The van der Waals surface area contributed by atoms with E-state index in [1.54, 1.807) is 0 Å². The Labute approximate surface area is 129 Å². The third-order valence-corrected chi connectivity index (χ3v) is 4.42. The molecule has 0 aliphatic rings. The van der Waals surface area contributed by atoms with E-state index < -0.39 is 0 Å². The van der Waals surface area contributed by atoms with Crippen molar-refractivity contribution in [2.75, 3.05) is 5.32 Å². The van der Waals surface area contributed by atoms with Gasteiger partial charge in [-0.2, -0.15) is 0 Å². The molecule has 106 valence electrons. The molecule has 0 aliphatic heterocycles. The summed E-state index contributed by atoms with van der Waals surface area (Å²) in [6, 6.07) is 9.72. The first-order valence-corrected chi connectivity index (χ1v) is 7.88. The summed E-state index contributed by atoms with van der Waals surface area (Å²) < 4.78 is 3.81. The van der Waals surface area contributed by atoms with Gasteiger partial charge in [-0.15, -0.1) is 15.3 Å². The summed E-state index contributed by atoms with van der Waals surface area (Å²) in [5.41, 5.74) is 1.68. The van der Waals surface area contributed by atoms with Crippen LogP contribution in [0.1, 0.15) is 22.3 Å². The third-order valence-electron chi connectivity index (χ3n) is 2.76. The van der Waals surface area contributed by atoms with Crippen LogP contribution in [0.25, 0.3) is 10.6 Å². The maximum atomic E-state index is 12.2. The highest BCUT2D eigenvalue weighted by Gasteiger charge is 2.17. The molecule has 1 amide bonds. The summed E-state index contributed by atoms with van der Waals surface area (Å²) >= 11 is 2.42. The fourth-order valence-corrected chi connectivity index (χ4v) is 3.13. The molecule has 2 heterocycles. The highest BCUT2D eigenvalue weighted by molar-refractivity contribution is 7.18. The fourth-order valence-electron chi connectivity index (χ4n) is 1.74. The van der Waals surface area contributed by atoms with Crippen molar-refractivity contribution in [1.29, 1.82) is 0 Å². The first kappa shape index (κ1) is 13.8. The summed E-state index contributed by atoms with van der Waals surface area (Å²) in [4.78, 5) is 12.7. The number of nitrogens with zero attached hydrogens (tertiary/aromatic N) is 4. The zero-order chi connectivity index (χ0) is 14.7. The van der Waals surface area contributed by atoms with Gasteiger partial charge in [-0.05, 0) is 18.0 Å². The molecular weight excluding hydrogens is 306 g/mol. The molecule has 0 atom stereocenters. The molecule has 0 saturated carbocycles. The van der Waals surface area contributed by atoms with Crippen LogP contribution in [-0.4, -0.2) is 25.7 Å². The topological polar surface area (TPSA) is 80.7 Å². The molecule has 1 aromatic carbocycles. The van der Waals surface area contributed by atoms with E-state index in [1.165, 1.54) is 11.3 Å². The predicted molar refractivity (Wildman–Crippen MR) is 82.6 cm³/mol. The van der Waals surface area contributed by atoms with Gasteiger partial charge < -0.3 is 0 Å². The van der Waals surface area contributed by atoms with Crippen LogP contribution in [0.5, 0.6) is 0 Å². The molecule has 6 nitrogen and oxygen atoms in total. The van der Waals surface area contributed by atoms with Crippen LogP contribution in [0.2, 0.25) is 0 Å². The average molecular weight is 317 g/mol. The van der Waals surface area contributed by atoms with Crippen molar-refractivity contribution in [3.05, 3.63) is 40.9 Å². The lowest BCUT2D eigenvalue weighted by molar-refractivity contribution is 0.102. The van der Waals surface area contributed by atoms with Gasteiger partial charge >= 0.3 is 0 Å². The Morgan fingerprint density at radius 3 is 2.76 bits per heavy atom. The Balaban J connectivity index is 1.77. The minimum absolute atomic E-state index is 0.238. The second-order valence-electron chi connectivity index (χ2n) is 4.13. The number of carbonyl (C=O) groups is 1. The van der Waals surface area contributed by atoms with E-state index in [9.17, 15) is 4.79 Å². The molecule has 3 aromatic rings. The number of aromatic nitrogens is 4. The summed E-state index contributed by atoms with van der Waals surface area (Å²) in [6.45, 7) is 1.94. The van der Waals surface area contributed by atoms with Gasteiger partial charge in [0, 0.05) is 5.56 Å². The van der Waals surface area contributed by atoms with Crippen LogP contribution in [0, 0.1) is 0 Å². The molecule has 0 fully saturated rings. The highest BCUT2D eigenvalue weighted by Crippen LogP contribution is 2.26. The van der Waals surface area contributed by atoms with Crippen molar-refractivity contribution in [3.63, 3.8) is 0 Å². The van der Waals surface area contributed by atoms with Crippen molar-refractivity contribution in [2.45, 2.75) is 13.3 Å². The van der Waals surface area contributed by atoms with Crippen molar-refractivity contribution in [2.24, 2.45) is 0 Å². The number of hydrogen-bond acceptors (Lipinski definition) is 7. The van der Waals surface area contributed by atoms with Crippen molar-refractivity contribution in [1.82, 2.24) is 19.8 Å². The van der Waals surface area contributed by atoms with Crippen molar-refractivity contribution in [3.8, 4) is 10.6 Å². The Hall–Kier alpha value is -2.19. The number of amides is 1. The number of benzene rings is 1. The van der Waals surface area contributed by atoms with Gasteiger partial charge in [0.1, 0.15) is 9.88 Å². The average Bonchev–Trinajstić information content (AvgIpc) is 3.16. The molecule has 0 bridgehead atoms. The van der Waals surface area contributed by atoms with Crippen molar-refractivity contribution >= 4 is 33.9 Å². The molecule has 21 heavy (non-hydrogen) atoms. The molecule has 3 rings (SSSR count). The highest BCUT2D eigenvalue weighted by atomic mass is 32.1. The largest absolute Gasteiger partial charge is 0.296 e. The maximum absolute atomic E-state index is 12.2. The van der Waals surface area contributed by atoms with Crippen molar-refractivity contribution < 1.29 is 4.79 Å². The number of nitrogens with one attached hydrogen (secondary N) is 1. The lowest BCUT2D eigenvalue weighted by Crippen LogP contribution is -2.12.